The number of rotatable bonds is 5. The van der Waals surface area contributed by atoms with E-state index in [0.717, 1.165) is 31.7 Å². The zero-order valence-electron chi connectivity index (χ0n) is 12.5. The third-order valence-electron chi connectivity index (χ3n) is 4.36. The minimum Gasteiger partial charge on any atom is -0.369 e. The van der Waals surface area contributed by atoms with Gasteiger partial charge in [0.1, 0.15) is 11.5 Å². The minimum absolute atomic E-state index is 0.108. The average molecular weight is 289 g/mol. The summed E-state index contributed by atoms with van der Waals surface area (Å²) >= 11 is 0. The van der Waals surface area contributed by atoms with Crippen molar-refractivity contribution in [1.29, 1.82) is 0 Å². The molecule has 21 heavy (non-hydrogen) atoms. The van der Waals surface area contributed by atoms with Gasteiger partial charge in [-0.3, -0.25) is 9.69 Å². The molecular weight excluding hydrogens is 266 g/mol. The van der Waals surface area contributed by atoms with E-state index in [1.54, 1.807) is 12.4 Å². The second-order valence-electron chi connectivity index (χ2n) is 5.83. The minimum atomic E-state index is -0.108. The molecule has 0 spiro atoms. The smallest absolute Gasteiger partial charge is 0.271 e. The van der Waals surface area contributed by atoms with Crippen molar-refractivity contribution in [2.24, 2.45) is 0 Å². The predicted octanol–water partition coefficient (Wildman–Crippen LogP) is 1.26. The van der Waals surface area contributed by atoms with E-state index in [-0.39, 0.29) is 11.9 Å². The number of carbonyl (C=O) groups is 1. The van der Waals surface area contributed by atoms with E-state index >= 15 is 0 Å². The van der Waals surface area contributed by atoms with Crippen LogP contribution in [0.2, 0.25) is 0 Å². The molecular formula is C15H23N5O. The molecule has 3 rings (SSSR count). The van der Waals surface area contributed by atoms with E-state index in [9.17, 15) is 4.79 Å². The molecule has 2 saturated heterocycles. The number of fused-ring (bicyclic) bond motifs is 1. The molecule has 6 heteroatoms. The first kappa shape index (κ1) is 14.3. The summed E-state index contributed by atoms with van der Waals surface area (Å²) in [7, 11) is 0. The lowest BCUT2D eigenvalue weighted by molar-refractivity contribution is 0.0924. The third-order valence-corrected chi connectivity index (χ3v) is 4.36. The first-order valence-electron chi connectivity index (χ1n) is 7.88. The number of nitrogens with one attached hydrogen (secondary N) is 2. The lowest BCUT2D eigenvalue weighted by Crippen LogP contribution is -2.42. The second-order valence-corrected chi connectivity index (χ2v) is 5.83. The highest BCUT2D eigenvalue weighted by molar-refractivity contribution is 5.92. The Hall–Kier alpha value is -1.69. The zero-order valence-corrected chi connectivity index (χ0v) is 12.5. The molecule has 0 saturated carbocycles. The highest BCUT2D eigenvalue weighted by atomic mass is 16.2. The maximum Gasteiger partial charge on any atom is 0.271 e. The molecule has 2 fully saturated rings. The molecule has 2 N–H and O–H groups in total. The molecule has 2 atom stereocenters. The number of amides is 1. The summed E-state index contributed by atoms with van der Waals surface area (Å²) in [6.45, 7) is 5.23. The van der Waals surface area contributed by atoms with Crippen LogP contribution in [-0.4, -0.2) is 52.5 Å². The van der Waals surface area contributed by atoms with Crippen LogP contribution in [0.4, 0.5) is 5.82 Å². The number of hydrogen-bond donors (Lipinski definition) is 2. The van der Waals surface area contributed by atoms with Gasteiger partial charge in [0.25, 0.3) is 5.91 Å². The summed E-state index contributed by atoms with van der Waals surface area (Å²) in [5.74, 6) is 0.611. The van der Waals surface area contributed by atoms with Gasteiger partial charge in [-0.05, 0) is 32.2 Å². The van der Waals surface area contributed by atoms with Crippen molar-refractivity contribution < 1.29 is 4.79 Å². The van der Waals surface area contributed by atoms with Crippen LogP contribution in [0.25, 0.3) is 0 Å². The summed E-state index contributed by atoms with van der Waals surface area (Å²) < 4.78 is 0. The van der Waals surface area contributed by atoms with E-state index < -0.39 is 0 Å². The number of nitrogens with zero attached hydrogens (tertiary/aromatic N) is 3. The Balaban J connectivity index is 1.57. The van der Waals surface area contributed by atoms with E-state index in [2.05, 4.69) is 32.4 Å². The molecule has 1 aromatic rings. The fraction of sp³-hybridized carbons (Fsp3) is 0.667. The monoisotopic (exact) mass is 289 g/mol. The largest absolute Gasteiger partial charge is 0.369 e. The Bertz CT molecular complexity index is 489. The molecule has 2 unspecified atom stereocenters. The van der Waals surface area contributed by atoms with E-state index in [1.807, 2.05) is 0 Å². The molecule has 1 amide bonds. The maximum absolute atomic E-state index is 12.3. The van der Waals surface area contributed by atoms with Gasteiger partial charge in [-0.1, -0.05) is 6.92 Å². The van der Waals surface area contributed by atoms with Gasteiger partial charge in [0.05, 0.1) is 12.4 Å². The Morgan fingerprint density at radius 2 is 2.24 bits per heavy atom. The molecule has 0 radical (unpaired) electrons. The maximum atomic E-state index is 12.3. The first-order valence-corrected chi connectivity index (χ1v) is 7.88. The average Bonchev–Trinajstić information content (AvgIpc) is 3.10. The van der Waals surface area contributed by atoms with Crippen molar-refractivity contribution in [2.45, 2.75) is 44.7 Å². The lowest BCUT2D eigenvalue weighted by Gasteiger charge is -2.21. The van der Waals surface area contributed by atoms with Crippen LogP contribution in [-0.2, 0) is 0 Å². The zero-order chi connectivity index (χ0) is 14.7. The molecule has 0 bridgehead atoms. The summed E-state index contributed by atoms with van der Waals surface area (Å²) in [4.78, 5) is 23.2. The molecule has 0 aliphatic carbocycles. The molecule has 2 aliphatic heterocycles. The van der Waals surface area contributed by atoms with Crippen LogP contribution in [0, 0.1) is 0 Å². The number of aromatic nitrogens is 2. The Morgan fingerprint density at radius 3 is 3.00 bits per heavy atom. The van der Waals surface area contributed by atoms with Crippen molar-refractivity contribution in [3.63, 3.8) is 0 Å². The highest BCUT2D eigenvalue weighted by Gasteiger charge is 2.37. The van der Waals surface area contributed by atoms with Gasteiger partial charge in [-0.15, -0.1) is 0 Å². The van der Waals surface area contributed by atoms with Gasteiger partial charge in [-0.25, -0.2) is 9.97 Å². The standard InChI is InChI=1S/C15H23N5O/c1-2-6-16-14-10-17-12(9-18-14)15(21)19-11-5-8-20-7-3-4-13(11)20/h9-11,13H,2-8H2,1H3,(H,16,18)(H,19,21). The predicted molar refractivity (Wildman–Crippen MR) is 81.3 cm³/mol. The SMILES string of the molecule is CCCNc1cnc(C(=O)NC2CCN3CCCC23)cn1. The van der Waals surface area contributed by atoms with Gasteiger partial charge in [-0.2, -0.15) is 0 Å². The fourth-order valence-corrected chi connectivity index (χ4v) is 3.28. The van der Waals surface area contributed by atoms with Crippen molar-refractivity contribution in [1.82, 2.24) is 20.2 Å². The summed E-state index contributed by atoms with van der Waals surface area (Å²) in [5.41, 5.74) is 0.397. The topological polar surface area (TPSA) is 70.2 Å². The third kappa shape index (κ3) is 3.15. The van der Waals surface area contributed by atoms with Crippen LogP contribution >= 0.6 is 0 Å². The van der Waals surface area contributed by atoms with Crippen molar-refractivity contribution >= 4 is 11.7 Å². The number of hydrogen-bond acceptors (Lipinski definition) is 5. The quantitative estimate of drug-likeness (QED) is 0.854. The van der Waals surface area contributed by atoms with Crippen LogP contribution in [0.1, 0.15) is 43.1 Å². The molecule has 6 nitrogen and oxygen atoms in total. The lowest BCUT2D eigenvalue weighted by atomic mass is 10.1. The normalized spacial score (nSPS) is 24.8. The van der Waals surface area contributed by atoms with Gasteiger partial charge in [0, 0.05) is 25.2 Å². The van der Waals surface area contributed by atoms with Crippen LogP contribution in [0.5, 0.6) is 0 Å². The highest BCUT2D eigenvalue weighted by Crippen LogP contribution is 2.27. The van der Waals surface area contributed by atoms with Crippen LogP contribution in [0.15, 0.2) is 12.4 Å². The molecule has 2 aliphatic rings. The first-order chi connectivity index (χ1) is 10.3. The van der Waals surface area contributed by atoms with Crippen molar-refractivity contribution in [2.75, 3.05) is 25.0 Å². The number of carbonyl (C=O) groups excluding carboxylic acids is 1. The Labute approximate surface area is 125 Å². The summed E-state index contributed by atoms with van der Waals surface area (Å²) in [5, 5.41) is 6.28. The number of anilines is 1. The molecule has 3 heterocycles. The molecule has 114 valence electrons. The van der Waals surface area contributed by atoms with Gasteiger partial charge in [0.2, 0.25) is 0 Å². The van der Waals surface area contributed by atoms with E-state index in [0.29, 0.717) is 11.7 Å². The Kier molecular flexibility index (Phi) is 4.34. The van der Waals surface area contributed by atoms with E-state index in [1.165, 1.54) is 19.4 Å². The summed E-state index contributed by atoms with van der Waals surface area (Å²) in [6.07, 6.45) is 7.68. The van der Waals surface area contributed by atoms with Gasteiger partial charge in [0.15, 0.2) is 0 Å². The molecule has 1 aromatic heterocycles. The van der Waals surface area contributed by atoms with Gasteiger partial charge >= 0.3 is 0 Å². The molecule has 0 aromatic carbocycles. The van der Waals surface area contributed by atoms with E-state index in [4.69, 9.17) is 0 Å². The van der Waals surface area contributed by atoms with Crippen molar-refractivity contribution in [3.8, 4) is 0 Å². The van der Waals surface area contributed by atoms with Gasteiger partial charge < -0.3 is 10.6 Å². The Morgan fingerprint density at radius 1 is 1.33 bits per heavy atom. The second kappa shape index (κ2) is 6.39. The van der Waals surface area contributed by atoms with Crippen LogP contribution < -0.4 is 10.6 Å². The summed E-state index contributed by atoms with van der Waals surface area (Å²) in [6, 6.07) is 0.784. The fourth-order valence-electron chi connectivity index (χ4n) is 3.28. The van der Waals surface area contributed by atoms with Crippen molar-refractivity contribution in [3.05, 3.63) is 18.1 Å². The van der Waals surface area contributed by atoms with Crippen LogP contribution in [0.3, 0.4) is 0 Å².